The largest absolute Gasteiger partial charge is 0.377 e. The second kappa shape index (κ2) is 4.52. The van der Waals surface area contributed by atoms with E-state index in [1.165, 1.54) is 38.6 Å². The van der Waals surface area contributed by atoms with Gasteiger partial charge in [0.05, 0.1) is 6.10 Å². The van der Waals surface area contributed by atoms with Crippen LogP contribution in [0.25, 0.3) is 0 Å². The lowest BCUT2D eigenvalue weighted by atomic mass is 9.90. The van der Waals surface area contributed by atoms with E-state index in [4.69, 9.17) is 4.74 Å². The van der Waals surface area contributed by atoms with Crippen molar-refractivity contribution in [1.82, 2.24) is 10.2 Å². The molecule has 3 fully saturated rings. The molecule has 0 amide bonds. The van der Waals surface area contributed by atoms with Gasteiger partial charge in [-0.15, -0.1) is 0 Å². The molecular weight excluding hydrogens is 212 g/mol. The molecule has 3 rings (SSSR count). The highest BCUT2D eigenvalue weighted by molar-refractivity contribution is 5.02. The fourth-order valence-corrected chi connectivity index (χ4v) is 4.03. The lowest BCUT2D eigenvalue weighted by Crippen LogP contribution is -2.65. The van der Waals surface area contributed by atoms with Crippen LogP contribution in [0.15, 0.2) is 0 Å². The number of nitrogens with zero attached hydrogens (tertiary/aromatic N) is 1. The molecule has 1 aliphatic carbocycles. The summed E-state index contributed by atoms with van der Waals surface area (Å²) in [5.41, 5.74) is 0.439. The molecule has 0 aromatic heterocycles. The van der Waals surface area contributed by atoms with Crippen LogP contribution in [0, 0.1) is 0 Å². The summed E-state index contributed by atoms with van der Waals surface area (Å²) < 4.78 is 5.76. The highest BCUT2D eigenvalue weighted by Crippen LogP contribution is 2.35. The van der Waals surface area contributed by atoms with Crippen molar-refractivity contribution < 1.29 is 4.74 Å². The molecule has 3 nitrogen and oxygen atoms in total. The summed E-state index contributed by atoms with van der Waals surface area (Å²) in [4.78, 5) is 2.74. The Labute approximate surface area is 105 Å². The first kappa shape index (κ1) is 11.9. The van der Waals surface area contributed by atoms with Gasteiger partial charge in [0.15, 0.2) is 0 Å². The standard InChI is InChI=1S/C14H26N2O/c1-11-9-15-14(6-3-4-7-14)10-16(11)13-5-8-17-12(13)2/h11-13,15H,3-10H2,1-2H3. The Kier molecular flexibility index (Phi) is 3.18. The molecule has 17 heavy (non-hydrogen) atoms. The topological polar surface area (TPSA) is 24.5 Å². The van der Waals surface area contributed by atoms with E-state index in [1.807, 2.05) is 0 Å². The van der Waals surface area contributed by atoms with Gasteiger partial charge in [0, 0.05) is 37.3 Å². The van der Waals surface area contributed by atoms with Crippen molar-refractivity contribution in [3.8, 4) is 0 Å². The Morgan fingerprint density at radius 1 is 1.24 bits per heavy atom. The monoisotopic (exact) mass is 238 g/mol. The van der Waals surface area contributed by atoms with Crippen molar-refractivity contribution in [2.45, 2.75) is 69.7 Å². The third-order valence-electron chi connectivity index (χ3n) is 5.15. The minimum Gasteiger partial charge on any atom is -0.377 e. The van der Waals surface area contributed by atoms with Gasteiger partial charge >= 0.3 is 0 Å². The van der Waals surface area contributed by atoms with Gasteiger partial charge in [-0.25, -0.2) is 0 Å². The van der Waals surface area contributed by atoms with Crippen LogP contribution >= 0.6 is 0 Å². The molecule has 3 aliphatic rings. The number of nitrogens with one attached hydrogen (secondary N) is 1. The van der Waals surface area contributed by atoms with Crippen LogP contribution in [0.1, 0.15) is 46.0 Å². The molecule has 0 radical (unpaired) electrons. The smallest absolute Gasteiger partial charge is 0.0703 e. The van der Waals surface area contributed by atoms with E-state index >= 15 is 0 Å². The number of hydrogen-bond acceptors (Lipinski definition) is 3. The summed E-state index contributed by atoms with van der Waals surface area (Å²) in [6, 6.07) is 1.32. The first-order valence-corrected chi connectivity index (χ1v) is 7.33. The first-order valence-electron chi connectivity index (χ1n) is 7.33. The molecular formula is C14H26N2O. The highest BCUT2D eigenvalue weighted by atomic mass is 16.5. The lowest BCUT2D eigenvalue weighted by Gasteiger charge is -2.48. The molecule has 2 heterocycles. The van der Waals surface area contributed by atoms with Gasteiger partial charge in [0.1, 0.15) is 0 Å². The van der Waals surface area contributed by atoms with Gasteiger partial charge in [-0.1, -0.05) is 12.8 Å². The van der Waals surface area contributed by atoms with Gasteiger partial charge in [0.2, 0.25) is 0 Å². The van der Waals surface area contributed by atoms with E-state index in [0.29, 0.717) is 23.7 Å². The molecule has 0 aromatic carbocycles. The van der Waals surface area contributed by atoms with Crippen molar-refractivity contribution in [3.05, 3.63) is 0 Å². The molecule has 0 aromatic rings. The maximum Gasteiger partial charge on any atom is 0.0703 e. The van der Waals surface area contributed by atoms with Crippen molar-refractivity contribution >= 4 is 0 Å². The van der Waals surface area contributed by atoms with E-state index in [1.54, 1.807) is 0 Å². The molecule has 3 atom stereocenters. The first-order chi connectivity index (χ1) is 8.20. The summed E-state index contributed by atoms with van der Waals surface area (Å²) in [6.07, 6.45) is 7.21. The summed E-state index contributed by atoms with van der Waals surface area (Å²) in [5.74, 6) is 0. The van der Waals surface area contributed by atoms with Gasteiger partial charge in [-0.3, -0.25) is 4.90 Å². The van der Waals surface area contributed by atoms with Gasteiger partial charge in [-0.05, 0) is 33.1 Å². The Morgan fingerprint density at radius 3 is 2.65 bits per heavy atom. The van der Waals surface area contributed by atoms with Crippen LogP contribution in [-0.4, -0.2) is 48.3 Å². The quantitative estimate of drug-likeness (QED) is 0.753. The lowest BCUT2D eigenvalue weighted by molar-refractivity contribution is 0.0148. The Balaban J connectivity index is 1.73. The maximum absolute atomic E-state index is 5.76. The summed E-state index contributed by atoms with van der Waals surface area (Å²) in [5, 5.41) is 3.83. The van der Waals surface area contributed by atoms with Crippen LogP contribution < -0.4 is 5.32 Å². The predicted molar refractivity (Wildman–Crippen MR) is 69.2 cm³/mol. The fraction of sp³-hybridized carbons (Fsp3) is 1.00. The number of rotatable bonds is 1. The second-order valence-electron chi connectivity index (χ2n) is 6.32. The zero-order valence-electron chi connectivity index (χ0n) is 11.2. The Morgan fingerprint density at radius 2 is 2.00 bits per heavy atom. The number of ether oxygens (including phenoxy) is 1. The molecule has 3 unspecified atom stereocenters. The molecule has 3 heteroatoms. The van der Waals surface area contributed by atoms with E-state index < -0.39 is 0 Å². The van der Waals surface area contributed by atoms with E-state index in [9.17, 15) is 0 Å². The van der Waals surface area contributed by atoms with Crippen molar-refractivity contribution in [2.24, 2.45) is 0 Å². The van der Waals surface area contributed by atoms with E-state index in [0.717, 1.165) is 13.2 Å². The number of piperazine rings is 1. The van der Waals surface area contributed by atoms with Crippen molar-refractivity contribution in [3.63, 3.8) is 0 Å². The minimum absolute atomic E-state index is 0.425. The summed E-state index contributed by atoms with van der Waals surface area (Å²) >= 11 is 0. The highest BCUT2D eigenvalue weighted by Gasteiger charge is 2.43. The third-order valence-corrected chi connectivity index (χ3v) is 5.15. The second-order valence-corrected chi connectivity index (χ2v) is 6.32. The minimum atomic E-state index is 0.425. The average molecular weight is 238 g/mol. The van der Waals surface area contributed by atoms with E-state index in [2.05, 4.69) is 24.1 Å². The molecule has 2 saturated heterocycles. The zero-order valence-corrected chi connectivity index (χ0v) is 11.2. The average Bonchev–Trinajstić information content (AvgIpc) is 2.92. The molecule has 1 saturated carbocycles. The Hall–Kier alpha value is -0.120. The zero-order chi connectivity index (χ0) is 11.9. The van der Waals surface area contributed by atoms with Gasteiger partial charge in [-0.2, -0.15) is 0 Å². The molecule has 2 aliphatic heterocycles. The van der Waals surface area contributed by atoms with Gasteiger partial charge < -0.3 is 10.1 Å². The van der Waals surface area contributed by atoms with Crippen LogP contribution in [0.2, 0.25) is 0 Å². The predicted octanol–water partition coefficient (Wildman–Crippen LogP) is 1.77. The van der Waals surface area contributed by atoms with E-state index in [-0.39, 0.29) is 0 Å². The van der Waals surface area contributed by atoms with Crippen LogP contribution in [0.3, 0.4) is 0 Å². The fourth-order valence-electron chi connectivity index (χ4n) is 4.03. The van der Waals surface area contributed by atoms with Crippen LogP contribution in [-0.2, 0) is 4.74 Å². The SMILES string of the molecule is CC1OCCC1N1CC2(CCCC2)NCC1C. The molecule has 1 N–H and O–H groups in total. The summed E-state index contributed by atoms with van der Waals surface area (Å²) in [7, 11) is 0. The third kappa shape index (κ3) is 2.13. The van der Waals surface area contributed by atoms with Crippen LogP contribution in [0.5, 0.6) is 0 Å². The normalized spacial score (nSPS) is 42.4. The Bertz CT molecular complexity index is 275. The molecule has 98 valence electrons. The van der Waals surface area contributed by atoms with Crippen molar-refractivity contribution in [2.75, 3.05) is 19.7 Å². The molecule has 1 spiro atoms. The molecule has 0 bridgehead atoms. The number of hydrogen-bond donors (Lipinski definition) is 1. The maximum atomic E-state index is 5.76. The summed E-state index contributed by atoms with van der Waals surface area (Å²) in [6.45, 7) is 7.96. The van der Waals surface area contributed by atoms with Crippen LogP contribution in [0.4, 0.5) is 0 Å². The van der Waals surface area contributed by atoms with Crippen molar-refractivity contribution in [1.29, 1.82) is 0 Å². The van der Waals surface area contributed by atoms with Gasteiger partial charge in [0.25, 0.3) is 0 Å².